The lowest BCUT2D eigenvalue weighted by Gasteiger charge is -2.26. The Morgan fingerprint density at radius 3 is 2.58 bits per heavy atom. The zero-order valence-corrected chi connectivity index (χ0v) is 21.6. The molecule has 5 rings (SSSR count). The van der Waals surface area contributed by atoms with Crippen molar-refractivity contribution < 1.29 is 9.53 Å². The van der Waals surface area contributed by atoms with E-state index < -0.39 is 5.60 Å². The Morgan fingerprint density at radius 2 is 1.83 bits per heavy atom. The first-order chi connectivity index (χ1) is 17.4. The van der Waals surface area contributed by atoms with Crippen molar-refractivity contribution in [2.24, 2.45) is 0 Å². The van der Waals surface area contributed by atoms with Crippen LogP contribution in [0.25, 0.3) is 28.0 Å². The van der Waals surface area contributed by atoms with E-state index in [0.717, 1.165) is 46.8 Å². The molecule has 1 saturated heterocycles. The first-order valence-electron chi connectivity index (χ1n) is 12.4. The van der Waals surface area contributed by atoms with Crippen LogP contribution in [0, 0.1) is 0 Å². The van der Waals surface area contributed by atoms with Crippen LogP contribution in [0.1, 0.15) is 41.0 Å². The van der Waals surface area contributed by atoms with Gasteiger partial charge in [-0.15, -0.1) is 0 Å². The average molecular weight is 491 g/mol. The van der Waals surface area contributed by atoms with Gasteiger partial charge in [0.15, 0.2) is 5.82 Å². The molecule has 36 heavy (non-hydrogen) atoms. The summed E-state index contributed by atoms with van der Waals surface area (Å²) in [6.45, 7) is 12.4. The molecular formula is C26H34N8O2. The topological polar surface area (TPSA) is 105 Å². The third kappa shape index (κ3) is 5.64. The van der Waals surface area contributed by atoms with E-state index in [1.54, 1.807) is 17.3 Å². The van der Waals surface area contributed by atoms with E-state index in [2.05, 4.69) is 25.2 Å². The molecule has 0 unspecified atom stereocenters. The van der Waals surface area contributed by atoms with Gasteiger partial charge in [-0.05, 0) is 45.4 Å². The summed E-state index contributed by atoms with van der Waals surface area (Å²) in [4.78, 5) is 25.9. The van der Waals surface area contributed by atoms with Crippen LogP contribution in [0.5, 0.6) is 0 Å². The molecule has 0 radical (unpaired) electrons. The quantitative estimate of drug-likeness (QED) is 0.444. The number of amides is 1. The van der Waals surface area contributed by atoms with E-state index in [9.17, 15) is 4.79 Å². The molecule has 0 atom stereocenters. The zero-order chi connectivity index (χ0) is 25.7. The molecule has 4 aromatic heterocycles. The Morgan fingerprint density at radius 1 is 1.03 bits per heavy atom. The third-order valence-corrected chi connectivity index (χ3v) is 5.65. The molecule has 1 fully saturated rings. The van der Waals surface area contributed by atoms with E-state index in [0.29, 0.717) is 19.6 Å². The number of ether oxygens (including phenoxy) is 1. The Balaban J connectivity index is 0.00000148. The number of rotatable bonds is 3. The van der Waals surface area contributed by atoms with Gasteiger partial charge in [0.2, 0.25) is 0 Å². The molecule has 1 aliphatic heterocycles. The van der Waals surface area contributed by atoms with E-state index in [1.165, 1.54) is 0 Å². The Kier molecular flexibility index (Phi) is 7.52. The predicted molar refractivity (Wildman–Crippen MR) is 140 cm³/mol. The highest BCUT2D eigenvalue weighted by Crippen LogP contribution is 2.24. The fourth-order valence-corrected chi connectivity index (χ4v) is 4.01. The lowest BCUT2D eigenvalue weighted by molar-refractivity contribution is 0.0263. The highest BCUT2D eigenvalue weighted by Gasteiger charge is 2.25. The lowest BCUT2D eigenvalue weighted by atomic mass is 10.2. The molecule has 190 valence electrons. The smallest absolute Gasteiger partial charge is 0.410 e. The first-order valence-corrected chi connectivity index (χ1v) is 12.4. The maximum atomic E-state index is 12.5. The van der Waals surface area contributed by atoms with Gasteiger partial charge in [0, 0.05) is 49.5 Å². The molecule has 0 aromatic carbocycles. The minimum Gasteiger partial charge on any atom is -0.444 e. The second-order valence-electron chi connectivity index (χ2n) is 9.33. The molecule has 4 aromatic rings. The number of nitrogens with zero attached hydrogens (tertiary/aromatic N) is 7. The summed E-state index contributed by atoms with van der Waals surface area (Å²) in [5.41, 5.74) is 2.14. The molecule has 10 heteroatoms. The van der Waals surface area contributed by atoms with Crippen LogP contribution in [-0.4, -0.2) is 72.7 Å². The molecule has 1 aliphatic rings. The number of carbonyl (C=O) groups is 1. The maximum Gasteiger partial charge on any atom is 0.410 e. The molecule has 0 aliphatic carbocycles. The largest absolute Gasteiger partial charge is 0.444 e. The summed E-state index contributed by atoms with van der Waals surface area (Å²) in [7, 11) is 0. The number of aromatic amines is 1. The standard InChI is InChI=1S/C24H28N8O2.C2H6/c1-24(2,3)34-23(33)31-9-5-8-30(10-11-31)21-6-4-7-22(29-21)32-20-12-19(17-14-26-27-15-17)25-13-18(20)16-28-32;1-2/h4,6-7,12-16H,5,8-11H2,1-3H3,(H,26,27);1-2H3. The Bertz CT molecular complexity index is 1290. The minimum atomic E-state index is -0.501. The monoisotopic (exact) mass is 490 g/mol. The summed E-state index contributed by atoms with van der Waals surface area (Å²) in [6, 6.07) is 7.92. The van der Waals surface area contributed by atoms with Gasteiger partial charge >= 0.3 is 6.09 Å². The predicted octanol–water partition coefficient (Wildman–Crippen LogP) is 4.68. The summed E-state index contributed by atoms with van der Waals surface area (Å²) >= 11 is 0. The van der Waals surface area contributed by atoms with E-state index in [4.69, 9.17) is 9.72 Å². The van der Waals surface area contributed by atoms with Gasteiger partial charge in [-0.1, -0.05) is 19.9 Å². The summed E-state index contributed by atoms with van der Waals surface area (Å²) in [6.07, 6.45) is 7.74. The number of H-pyrrole nitrogens is 1. The Labute approximate surface area is 211 Å². The number of fused-ring (bicyclic) bond motifs is 1. The second-order valence-corrected chi connectivity index (χ2v) is 9.33. The van der Waals surface area contributed by atoms with Crippen molar-refractivity contribution in [3.05, 3.63) is 49.1 Å². The van der Waals surface area contributed by atoms with Crippen LogP contribution in [0.3, 0.4) is 0 Å². The number of aromatic nitrogens is 6. The zero-order valence-electron chi connectivity index (χ0n) is 21.6. The van der Waals surface area contributed by atoms with E-state index in [1.807, 2.05) is 76.0 Å². The SMILES string of the molecule is CC.CC(C)(C)OC(=O)N1CCCN(c2cccc(-n3ncc4cnc(-c5cn[nH]c5)cc43)n2)CC1. The number of pyridine rings is 2. The number of carbonyl (C=O) groups excluding carboxylic acids is 1. The van der Waals surface area contributed by atoms with Crippen molar-refractivity contribution in [3.63, 3.8) is 0 Å². The summed E-state index contributed by atoms with van der Waals surface area (Å²) in [5, 5.41) is 12.3. The third-order valence-electron chi connectivity index (χ3n) is 5.65. The van der Waals surface area contributed by atoms with Crippen LogP contribution in [0.15, 0.2) is 49.1 Å². The van der Waals surface area contributed by atoms with Gasteiger partial charge in [0.1, 0.15) is 11.4 Å². The van der Waals surface area contributed by atoms with E-state index in [-0.39, 0.29) is 6.09 Å². The highest BCUT2D eigenvalue weighted by atomic mass is 16.6. The summed E-state index contributed by atoms with van der Waals surface area (Å²) < 4.78 is 7.38. The number of hydrogen-bond acceptors (Lipinski definition) is 7. The summed E-state index contributed by atoms with van der Waals surface area (Å²) in [5.74, 6) is 1.58. The molecule has 10 nitrogen and oxygen atoms in total. The van der Waals surface area contributed by atoms with Gasteiger partial charge in [-0.2, -0.15) is 10.2 Å². The van der Waals surface area contributed by atoms with Crippen molar-refractivity contribution in [3.8, 4) is 17.1 Å². The molecule has 5 heterocycles. The van der Waals surface area contributed by atoms with Crippen molar-refractivity contribution in [2.75, 3.05) is 31.1 Å². The fraction of sp³-hybridized carbons (Fsp3) is 0.423. The van der Waals surface area contributed by atoms with Gasteiger partial charge in [-0.25, -0.2) is 14.5 Å². The number of anilines is 1. The fourth-order valence-electron chi connectivity index (χ4n) is 4.01. The van der Waals surface area contributed by atoms with E-state index >= 15 is 0 Å². The molecule has 0 saturated carbocycles. The van der Waals surface area contributed by atoms with Crippen molar-refractivity contribution >= 4 is 22.8 Å². The molecule has 1 N–H and O–H groups in total. The van der Waals surface area contributed by atoms with Gasteiger partial charge < -0.3 is 14.5 Å². The maximum absolute atomic E-state index is 12.5. The van der Waals surface area contributed by atoms with Crippen LogP contribution in [0.4, 0.5) is 10.6 Å². The van der Waals surface area contributed by atoms with Crippen LogP contribution in [-0.2, 0) is 4.74 Å². The lowest BCUT2D eigenvalue weighted by Crippen LogP contribution is -2.39. The normalized spacial score (nSPS) is 14.2. The highest BCUT2D eigenvalue weighted by molar-refractivity contribution is 5.83. The van der Waals surface area contributed by atoms with Crippen LogP contribution in [0.2, 0.25) is 0 Å². The minimum absolute atomic E-state index is 0.263. The second kappa shape index (κ2) is 10.8. The van der Waals surface area contributed by atoms with Gasteiger partial charge in [-0.3, -0.25) is 10.1 Å². The van der Waals surface area contributed by atoms with Crippen LogP contribution >= 0.6 is 0 Å². The van der Waals surface area contributed by atoms with Crippen LogP contribution < -0.4 is 4.90 Å². The van der Waals surface area contributed by atoms with Crippen molar-refractivity contribution in [1.29, 1.82) is 0 Å². The molecular weight excluding hydrogens is 456 g/mol. The molecule has 1 amide bonds. The molecule has 0 bridgehead atoms. The Hall–Kier alpha value is -3.95. The van der Waals surface area contributed by atoms with Crippen molar-refractivity contribution in [2.45, 2.75) is 46.6 Å². The average Bonchev–Trinajstić information content (AvgIpc) is 3.48. The first kappa shape index (κ1) is 25.2. The number of hydrogen-bond donors (Lipinski definition) is 1. The van der Waals surface area contributed by atoms with Crippen molar-refractivity contribution in [1.82, 2.24) is 34.8 Å². The number of nitrogens with one attached hydrogen (secondary N) is 1. The van der Waals surface area contributed by atoms with Gasteiger partial charge in [0.25, 0.3) is 0 Å². The van der Waals surface area contributed by atoms with Gasteiger partial charge in [0.05, 0.1) is 23.6 Å². The molecule has 0 spiro atoms.